The van der Waals surface area contributed by atoms with Crippen molar-refractivity contribution in [2.45, 2.75) is 52.4 Å². The van der Waals surface area contributed by atoms with E-state index in [2.05, 4.69) is 17.6 Å². The first-order chi connectivity index (χ1) is 8.06. The summed E-state index contributed by atoms with van der Waals surface area (Å²) in [7, 11) is 0. The second-order valence-corrected chi connectivity index (χ2v) is 4.81. The van der Waals surface area contributed by atoms with Crippen molar-refractivity contribution in [1.82, 2.24) is 5.32 Å². The monoisotopic (exact) mass is 278 g/mol. The quantitative estimate of drug-likeness (QED) is 0.313. The summed E-state index contributed by atoms with van der Waals surface area (Å²) in [5.74, 6) is -0.647. The van der Waals surface area contributed by atoms with Crippen LogP contribution in [0.3, 0.4) is 0 Å². The number of thiocarbonyl (C=S) groups is 1. The number of amides is 2. The maximum Gasteiger partial charge on any atom is 1.00 e. The molecule has 1 N–H and O–H groups in total. The summed E-state index contributed by atoms with van der Waals surface area (Å²) in [6, 6.07) is 0. The van der Waals surface area contributed by atoms with Crippen molar-refractivity contribution in [2.75, 3.05) is 0 Å². The molecule has 0 aromatic heterocycles. The normalized spacial score (nSPS) is 23.1. The number of rotatable bonds is 6. The second-order valence-electron chi connectivity index (χ2n) is 4.42. The third kappa shape index (κ3) is 4.02. The number of carbonyl (C=O) groups is 2. The van der Waals surface area contributed by atoms with Crippen molar-refractivity contribution >= 4 is 29.1 Å². The van der Waals surface area contributed by atoms with Crippen LogP contribution in [0.1, 0.15) is 52.4 Å². The Morgan fingerprint density at radius 2 is 1.89 bits per heavy atom. The van der Waals surface area contributed by atoms with Crippen LogP contribution in [-0.4, -0.2) is 16.9 Å². The molecule has 0 aliphatic carbocycles. The zero-order valence-electron chi connectivity index (χ0n) is 11.4. The Labute approximate surface area is 136 Å². The fourth-order valence-electron chi connectivity index (χ4n) is 2.10. The van der Waals surface area contributed by atoms with Gasteiger partial charge in [-0.25, -0.2) is 0 Å². The molecule has 0 aromatic carbocycles. The van der Waals surface area contributed by atoms with Crippen LogP contribution < -0.4 is 34.9 Å². The zero-order chi connectivity index (χ0) is 12.9. The van der Waals surface area contributed by atoms with E-state index in [4.69, 9.17) is 12.2 Å². The van der Waals surface area contributed by atoms with Crippen molar-refractivity contribution in [1.29, 1.82) is 0 Å². The van der Waals surface area contributed by atoms with Crippen LogP contribution in [0.15, 0.2) is 0 Å². The number of nitrogens with one attached hydrogen (secondary N) is 1. The largest absolute Gasteiger partial charge is 1.00 e. The molecule has 1 fully saturated rings. The smallest absolute Gasteiger partial charge is 0.418 e. The predicted molar refractivity (Wildman–Crippen MR) is 70.6 cm³/mol. The van der Waals surface area contributed by atoms with Crippen LogP contribution in [-0.2, 0) is 9.59 Å². The van der Waals surface area contributed by atoms with Crippen LogP contribution in [0.2, 0.25) is 0 Å². The minimum atomic E-state index is -0.976. The Kier molecular flexibility index (Phi) is 8.26. The van der Waals surface area contributed by atoms with Gasteiger partial charge < -0.3 is 10.6 Å². The molecule has 0 bridgehead atoms. The predicted octanol–water partition coefficient (Wildman–Crippen LogP) is -0.328. The molecule has 2 amide bonds. The van der Waals surface area contributed by atoms with E-state index in [9.17, 15) is 9.59 Å². The summed E-state index contributed by atoms with van der Waals surface area (Å²) in [4.78, 5) is 23.9. The average Bonchev–Trinajstić information content (AvgIpc) is 2.27. The van der Waals surface area contributed by atoms with Crippen molar-refractivity contribution in [3.63, 3.8) is 0 Å². The van der Waals surface area contributed by atoms with Gasteiger partial charge in [0.2, 0.25) is 0 Å². The molecule has 1 atom stereocenters. The van der Waals surface area contributed by atoms with Gasteiger partial charge in [-0.3, -0.25) is 9.59 Å². The molecule has 0 aromatic rings. The van der Waals surface area contributed by atoms with Crippen LogP contribution >= 0.6 is 12.2 Å². The number of unbranched alkanes of at least 4 members (excludes halogenated alkanes) is 3. The Morgan fingerprint density at radius 3 is 2.39 bits per heavy atom. The third-order valence-electron chi connectivity index (χ3n) is 3.33. The number of hydrogen-bond acceptors (Lipinski definition) is 3. The van der Waals surface area contributed by atoms with E-state index in [0.29, 0.717) is 12.8 Å². The minimum absolute atomic E-state index is 0. The molecule has 1 rings (SSSR count). The minimum Gasteiger partial charge on any atom is -0.418 e. The zero-order valence-corrected chi connectivity index (χ0v) is 14.2. The van der Waals surface area contributed by atoms with Crippen LogP contribution in [0.4, 0.5) is 0 Å². The molecular formula is C12H19N2NaO2S. The number of nitrogens with zero attached hydrogens (tertiary/aromatic N) is 1. The maximum atomic E-state index is 12.0. The summed E-state index contributed by atoms with van der Waals surface area (Å²) in [5, 5.41) is 6.21. The molecular weight excluding hydrogens is 259 g/mol. The second kappa shape index (κ2) is 8.25. The van der Waals surface area contributed by atoms with Crippen molar-refractivity contribution in [3.05, 3.63) is 5.32 Å². The first-order valence-corrected chi connectivity index (χ1v) is 6.59. The Balaban J connectivity index is 0.00000289. The van der Waals surface area contributed by atoms with E-state index in [1.54, 1.807) is 0 Å². The topological polar surface area (TPSA) is 60.3 Å². The van der Waals surface area contributed by atoms with Gasteiger partial charge in [0.15, 0.2) is 11.8 Å². The first kappa shape index (κ1) is 18.0. The van der Waals surface area contributed by atoms with Gasteiger partial charge in [-0.15, -0.1) is 0 Å². The van der Waals surface area contributed by atoms with Crippen LogP contribution in [0.5, 0.6) is 0 Å². The molecule has 0 radical (unpaired) electrons. The van der Waals surface area contributed by atoms with Gasteiger partial charge in [-0.2, -0.15) is 0 Å². The van der Waals surface area contributed by atoms with Gasteiger partial charge in [0.25, 0.3) is 0 Å². The van der Waals surface area contributed by atoms with Gasteiger partial charge in [-0.05, 0) is 12.8 Å². The van der Waals surface area contributed by atoms with Crippen molar-refractivity contribution < 1.29 is 39.1 Å². The molecule has 1 saturated heterocycles. The van der Waals surface area contributed by atoms with Gasteiger partial charge in [0, 0.05) is 5.11 Å². The van der Waals surface area contributed by atoms with Gasteiger partial charge >= 0.3 is 29.6 Å². The Morgan fingerprint density at radius 1 is 1.22 bits per heavy atom. The third-order valence-corrected chi connectivity index (χ3v) is 3.52. The van der Waals surface area contributed by atoms with Crippen LogP contribution in [0, 0.1) is 5.41 Å². The maximum absolute atomic E-state index is 12.0. The Bertz CT molecular complexity index is 314. The fourth-order valence-corrected chi connectivity index (χ4v) is 2.28. The van der Waals surface area contributed by atoms with E-state index in [0.717, 1.165) is 25.7 Å². The molecule has 18 heavy (non-hydrogen) atoms. The standard InChI is InChI=1S/C12H20N2O2S.Na/c1-3-5-6-7-8-12(4-2)9(15)13-11(17)14-10(12)16;/h3-8H2,1-2H3,(H2,13,14,15,16,17);/q;+1/p-1. The molecule has 0 saturated carbocycles. The number of hydrogen-bond donors (Lipinski definition) is 1. The first-order valence-electron chi connectivity index (χ1n) is 6.18. The van der Waals surface area contributed by atoms with Gasteiger partial charge in [-0.1, -0.05) is 51.7 Å². The average molecular weight is 278 g/mol. The molecule has 1 aliphatic heterocycles. The molecule has 6 heteroatoms. The van der Waals surface area contributed by atoms with Gasteiger partial charge in [0.1, 0.15) is 0 Å². The molecule has 4 nitrogen and oxygen atoms in total. The summed E-state index contributed by atoms with van der Waals surface area (Å²) >= 11 is 4.75. The molecule has 1 heterocycles. The van der Waals surface area contributed by atoms with Crippen LogP contribution in [0.25, 0.3) is 5.32 Å². The Hall–Kier alpha value is 0.0300. The van der Waals surface area contributed by atoms with E-state index in [1.165, 1.54) is 0 Å². The van der Waals surface area contributed by atoms with Gasteiger partial charge in [0.05, 0.1) is 5.41 Å². The molecule has 1 aliphatic rings. The molecule has 1 unspecified atom stereocenters. The number of carbonyl (C=O) groups excluding carboxylic acids is 2. The summed E-state index contributed by atoms with van der Waals surface area (Å²) < 4.78 is 0. The van der Waals surface area contributed by atoms with Crippen molar-refractivity contribution in [3.8, 4) is 0 Å². The molecule has 96 valence electrons. The van der Waals surface area contributed by atoms with E-state index >= 15 is 0 Å². The SMILES string of the molecule is CCCCCCC1(CC)C(=O)[N-]C(=S)NC1=O.[Na+]. The van der Waals surface area contributed by atoms with E-state index in [-0.39, 0.29) is 46.5 Å². The van der Waals surface area contributed by atoms with E-state index < -0.39 is 5.41 Å². The fraction of sp³-hybridized carbons (Fsp3) is 0.750. The summed E-state index contributed by atoms with van der Waals surface area (Å²) in [5.41, 5.74) is -0.976. The molecule has 0 spiro atoms. The summed E-state index contributed by atoms with van der Waals surface area (Å²) in [6.45, 7) is 3.98. The summed E-state index contributed by atoms with van der Waals surface area (Å²) in [6.07, 6.45) is 5.24. The van der Waals surface area contributed by atoms with E-state index in [1.807, 2.05) is 6.92 Å². The van der Waals surface area contributed by atoms with Crippen molar-refractivity contribution in [2.24, 2.45) is 5.41 Å².